The second-order valence-electron chi connectivity index (χ2n) is 9.72. The van der Waals surface area contributed by atoms with Gasteiger partial charge in [-0.3, -0.25) is 9.36 Å². The van der Waals surface area contributed by atoms with Gasteiger partial charge in [-0.15, -0.1) is 0 Å². The standard InChI is InChI=1S/C28H31N7O3/c1-17-15-21(19(3)31-23-8-6-5-7-20(23)26(37)38)24-22(16-17)25(36)33(4)28(32-24)35-13-11-34(12-14-35)27-29-10-9-18(2)30-27/h5-10,15-16,19,31H,11-14H2,1-4H3,(H,37,38)/t19-/m1/s1. The van der Waals surface area contributed by atoms with E-state index in [1.54, 1.807) is 42.1 Å². The number of fused-ring (bicyclic) bond motifs is 1. The minimum Gasteiger partial charge on any atom is -0.478 e. The molecule has 3 heterocycles. The first-order chi connectivity index (χ1) is 18.2. The van der Waals surface area contributed by atoms with Crippen molar-refractivity contribution in [1.29, 1.82) is 0 Å². The highest BCUT2D eigenvalue weighted by atomic mass is 16.4. The zero-order chi connectivity index (χ0) is 27.0. The van der Waals surface area contributed by atoms with E-state index in [0.29, 0.717) is 54.7 Å². The van der Waals surface area contributed by atoms with Gasteiger partial charge in [0.2, 0.25) is 11.9 Å². The number of aromatic nitrogens is 4. The van der Waals surface area contributed by atoms with Crippen LogP contribution in [0.25, 0.3) is 10.9 Å². The summed E-state index contributed by atoms with van der Waals surface area (Å²) in [6.45, 7) is 8.61. The van der Waals surface area contributed by atoms with Gasteiger partial charge in [-0.25, -0.2) is 19.7 Å². The molecule has 0 bridgehead atoms. The quantitative estimate of drug-likeness (QED) is 0.399. The second-order valence-corrected chi connectivity index (χ2v) is 9.72. The Morgan fingerprint density at radius 3 is 2.45 bits per heavy atom. The van der Waals surface area contributed by atoms with Crippen LogP contribution in [0.2, 0.25) is 0 Å². The number of hydrogen-bond acceptors (Lipinski definition) is 8. The van der Waals surface area contributed by atoms with Crippen molar-refractivity contribution in [1.82, 2.24) is 19.5 Å². The number of aryl methyl sites for hydroxylation is 2. The van der Waals surface area contributed by atoms with Gasteiger partial charge in [-0.2, -0.15) is 0 Å². The van der Waals surface area contributed by atoms with Gasteiger partial charge in [-0.05, 0) is 50.6 Å². The Hall–Kier alpha value is -4.47. The van der Waals surface area contributed by atoms with Gasteiger partial charge in [0, 0.05) is 56.4 Å². The predicted octanol–water partition coefficient (Wildman–Crippen LogP) is 3.54. The van der Waals surface area contributed by atoms with E-state index in [2.05, 4.69) is 25.1 Å². The highest BCUT2D eigenvalue weighted by molar-refractivity contribution is 5.94. The van der Waals surface area contributed by atoms with Crippen LogP contribution in [-0.4, -0.2) is 56.8 Å². The molecule has 0 amide bonds. The number of hydrogen-bond donors (Lipinski definition) is 2. The van der Waals surface area contributed by atoms with E-state index >= 15 is 0 Å². The molecule has 0 spiro atoms. The third-order valence-electron chi connectivity index (χ3n) is 6.95. The molecule has 4 aromatic rings. The Morgan fingerprint density at radius 2 is 1.74 bits per heavy atom. The summed E-state index contributed by atoms with van der Waals surface area (Å²) in [5, 5.41) is 13.5. The van der Waals surface area contributed by atoms with Crippen LogP contribution in [0.15, 0.2) is 53.5 Å². The molecule has 0 aliphatic carbocycles. The van der Waals surface area contributed by atoms with Crippen LogP contribution in [0.1, 0.15) is 40.1 Å². The Bertz CT molecular complexity index is 1580. The number of aromatic carboxylic acids is 1. The molecule has 1 aliphatic heterocycles. The molecule has 1 fully saturated rings. The molecule has 196 valence electrons. The number of para-hydroxylation sites is 1. The minimum absolute atomic E-state index is 0.113. The largest absolute Gasteiger partial charge is 0.478 e. The average molecular weight is 514 g/mol. The maximum Gasteiger partial charge on any atom is 0.337 e. The molecule has 1 saturated heterocycles. The van der Waals surface area contributed by atoms with Crippen molar-refractivity contribution in [3.05, 3.63) is 81.4 Å². The molecule has 5 rings (SSSR count). The third kappa shape index (κ3) is 4.77. The van der Waals surface area contributed by atoms with Crippen molar-refractivity contribution in [3.63, 3.8) is 0 Å². The number of nitrogens with zero attached hydrogens (tertiary/aromatic N) is 6. The molecule has 1 aliphatic rings. The van der Waals surface area contributed by atoms with Crippen LogP contribution in [0, 0.1) is 13.8 Å². The lowest BCUT2D eigenvalue weighted by Gasteiger charge is -2.36. The first kappa shape index (κ1) is 25.2. The lowest BCUT2D eigenvalue weighted by Crippen LogP contribution is -2.48. The first-order valence-corrected chi connectivity index (χ1v) is 12.6. The van der Waals surface area contributed by atoms with Crippen molar-refractivity contribution in [3.8, 4) is 0 Å². The molecule has 2 aromatic carbocycles. The zero-order valence-electron chi connectivity index (χ0n) is 22.0. The van der Waals surface area contributed by atoms with Crippen LogP contribution in [0.3, 0.4) is 0 Å². The van der Waals surface area contributed by atoms with E-state index in [1.165, 1.54) is 0 Å². The molecule has 2 N–H and O–H groups in total. The van der Waals surface area contributed by atoms with Crippen LogP contribution in [-0.2, 0) is 7.05 Å². The van der Waals surface area contributed by atoms with Crippen LogP contribution < -0.4 is 20.7 Å². The highest BCUT2D eigenvalue weighted by Gasteiger charge is 2.24. The van der Waals surface area contributed by atoms with Gasteiger partial charge in [0.15, 0.2) is 0 Å². The third-order valence-corrected chi connectivity index (χ3v) is 6.95. The number of piperazine rings is 1. The van der Waals surface area contributed by atoms with Crippen LogP contribution in [0.5, 0.6) is 0 Å². The number of nitrogens with one attached hydrogen (secondary N) is 1. The monoisotopic (exact) mass is 513 g/mol. The SMILES string of the molecule is Cc1cc([C@@H](C)Nc2ccccc2C(=O)O)c2nc(N3CCN(c4nccc(C)n4)CC3)n(C)c(=O)c2c1. The molecule has 0 saturated carbocycles. The molecular weight excluding hydrogens is 482 g/mol. The fourth-order valence-electron chi connectivity index (χ4n) is 4.96. The summed E-state index contributed by atoms with van der Waals surface area (Å²) in [6.07, 6.45) is 1.77. The molecule has 38 heavy (non-hydrogen) atoms. The first-order valence-electron chi connectivity index (χ1n) is 12.6. The lowest BCUT2D eigenvalue weighted by molar-refractivity contribution is 0.0698. The van der Waals surface area contributed by atoms with Crippen molar-refractivity contribution < 1.29 is 9.90 Å². The summed E-state index contributed by atoms with van der Waals surface area (Å²) in [5.41, 5.74) is 3.91. The lowest BCUT2D eigenvalue weighted by atomic mass is 10.0. The van der Waals surface area contributed by atoms with E-state index < -0.39 is 5.97 Å². The summed E-state index contributed by atoms with van der Waals surface area (Å²) in [4.78, 5) is 43.5. The fourth-order valence-corrected chi connectivity index (χ4v) is 4.96. The van der Waals surface area contributed by atoms with Crippen molar-refractivity contribution >= 4 is 34.5 Å². The number of carboxylic acid groups (broad SMARTS) is 1. The maximum atomic E-state index is 13.5. The fraction of sp³-hybridized carbons (Fsp3) is 0.321. The van der Waals surface area contributed by atoms with Crippen LogP contribution in [0.4, 0.5) is 17.6 Å². The molecule has 10 nitrogen and oxygen atoms in total. The molecule has 2 aromatic heterocycles. The smallest absolute Gasteiger partial charge is 0.337 e. The van der Waals surface area contributed by atoms with Gasteiger partial charge in [0.25, 0.3) is 5.56 Å². The summed E-state index contributed by atoms with van der Waals surface area (Å²) in [7, 11) is 1.76. The van der Waals surface area contributed by atoms with Crippen molar-refractivity contribution in [2.75, 3.05) is 41.3 Å². The number of rotatable bonds is 6. The normalized spacial score (nSPS) is 14.5. The number of benzene rings is 2. The summed E-state index contributed by atoms with van der Waals surface area (Å²) < 4.78 is 1.61. The molecule has 1 atom stereocenters. The number of anilines is 3. The topological polar surface area (TPSA) is 116 Å². The molecule has 10 heteroatoms. The van der Waals surface area contributed by atoms with Gasteiger partial charge in [-0.1, -0.05) is 18.2 Å². The molecule has 0 unspecified atom stereocenters. The molecule has 0 radical (unpaired) electrons. The predicted molar refractivity (Wildman–Crippen MR) is 148 cm³/mol. The van der Waals surface area contributed by atoms with Gasteiger partial charge in [0.1, 0.15) is 0 Å². The van der Waals surface area contributed by atoms with E-state index in [1.807, 2.05) is 39.0 Å². The van der Waals surface area contributed by atoms with E-state index in [9.17, 15) is 14.7 Å². The van der Waals surface area contributed by atoms with Gasteiger partial charge >= 0.3 is 5.97 Å². The summed E-state index contributed by atoms with van der Waals surface area (Å²) in [5.74, 6) is 0.318. The Labute approximate surface area is 220 Å². The number of carbonyl (C=O) groups is 1. The average Bonchev–Trinajstić information content (AvgIpc) is 2.91. The maximum absolute atomic E-state index is 13.5. The van der Waals surface area contributed by atoms with E-state index in [4.69, 9.17) is 4.98 Å². The summed E-state index contributed by atoms with van der Waals surface area (Å²) in [6, 6.07) is 12.3. The van der Waals surface area contributed by atoms with E-state index in [-0.39, 0.29) is 17.2 Å². The Morgan fingerprint density at radius 1 is 1.03 bits per heavy atom. The zero-order valence-corrected chi connectivity index (χ0v) is 22.0. The van der Waals surface area contributed by atoms with Gasteiger partial charge < -0.3 is 20.2 Å². The minimum atomic E-state index is -1.00. The second kappa shape index (κ2) is 10.1. The highest BCUT2D eigenvalue weighted by Crippen LogP contribution is 2.29. The van der Waals surface area contributed by atoms with Gasteiger partial charge in [0.05, 0.1) is 22.5 Å². The van der Waals surface area contributed by atoms with Crippen molar-refractivity contribution in [2.24, 2.45) is 7.05 Å². The number of carboxylic acids is 1. The van der Waals surface area contributed by atoms with Crippen LogP contribution >= 0.6 is 0 Å². The summed E-state index contributed by atoms with van der Waals surface area (Å²) >= 11 is 0. The van der Waals surface area contributed by atoms with E-state index in [0.717, 1.165) is 16.8 Å². The Balaban J connectivity index is 1.49. The van der Waals surface area contributed by atoms with Crippen molar-refractivity contribution in [2.45, 2.75) is 26.8 Å². The molecular formula is C28H31N7O3. The Kier molecular flexibility index (Phi) is 6.71.